The number of piperidine rings is 1. The number of carbonyl (C=O) groups is 1. The van der Waals surface area contributed by atoms with Crippen molar-refractivity contribution in [3.05, 3.63) is 66.4 Å². The number of aromatic nitrogens is 4. The van der Waals surface area contributed by atoms with Crippen LogP contribution < -0.4 is 10.2 Å². The fourth-order valence-corrected chi connectivity index (χ4v) is 4.00. The standard InChI is InChI=1S/C24H21N7O/c25-12-18-5-6-19(14-27-18)28-24(32)23-21-11-16(4-7-22(21)29-30-23)17-10-20(15-26-13-17)31-8-2-1-3-9-31/h4-7,10-11,13-15H,1-3,8-9H2,(H,28,32)(H,29,30). The summed E-state index contributed by atoms with van der Waals surface area (Å²) in [5.74, 6) is -0.347. The largest absolute Gasteiger partial charge is 0.370 e. The first-order valence-electron chi connectivity index (χ1n) is 10.6. The van der Waals surface area contributed by atoms with Crippen molar-refractivity contribution in [2.75, 3.05) is 23.3 Å². The Balaban J connectivity index is 1.43. The molecule has 1 amide bonds. The minimum atomic E-state index is -0.347. The second-order valence-electron chi connectivity index (χ2n) is 7.81. The zero-order valence-electron chi connectivity index (χ0n) is 17.4. The van der Waals surface area contributed by atoms with E-state index in [4.69, 9.17) is 5.26 Å². The molecule has 1 aliphatic rings. The number of hydrogen-bond donors (Lipinski definition) is 2. The molecule has 1 fully saturated rings. The molecular weight excluding hydrogens is 402 g/mol. The van der Waals surface area contributed by atoms with E-state index in [1.165, 1.54) is 25.5 Å². The van der Waals surface area contributed by atoms with Crippen LogP contribution in [0.25, 0.3) is 22.0 Å². The molecule has 2 N–H and O–H groups in total. The zero-order chi connectivity index (χ0) is 21.9. The molecule has 4 heterocycles. The Bertz CT molecular complexity index is 1310. The molecule has 0 unspecified atom stereocenters. The number of fused-ring (bicyclic) bond motifs is 1. The van der Waals surface area contributed by atoms with E-state index in [9.17, 15) is 4.79 Å². The average molecular weight is 423 g/mol. The van der Waals surface area contributed by atoms with Gasteiger partial charge in [-0.05, 0) is 55.2 Å². The average Bonchev–Trinajstić information content (AvgIpc) is 3.29. The first-order valence-corrected chi connectivity index (χ1v) is 10.6. The van der Waals surface area contributed by atoms with Crippen LogP contribution in [0.15, 0.2) is 55.0 Å². The normalized spacial score (nSPS) is 13.7. The van der Waals surface area contributed by atoms with Gasteiger partial charge in [0.25, 0.3) is 5.91 Å². The number of nitrogens with zero attached hydrogens (tertiary/aromatic N) is 5. The van der Waals surface area contributed by atoms with E-state index in [-0.39, 0.29) is 5.91 Å². The van der Waals surface area contributed by atoms with Gasteiger partial charge < -0.3 is 10.2 Å². The van der Waals surface area contributed by atoms with Crippen molar-refractivity contribution >= 4 is 28.2 Å². The van der Waals surface area contributed by atoms with Crippen LogP contribution >= 0.6 is 0 Å². The minimum Gasteiger partial charge on any atom is -0.370 e. The minimum absolute atomic E-state index is 0.290. The molecule has 0 saturated carbocycles. The quantitative estimate of drug-likeness (QED) is 0.510. The van der Waals surface area contributed by atoms with Crippen LogP contribution in [0.2, 0.25) is 0 Å². The molecule has 1 aromatic carbocycles. The van der Waals surface area contributed by atoms with Gasteiger partial charge in [0.1, 0.15) is 11.8 Å². The smallest absolute Gasteiger partial charge is 0.276 e. The number of carbonyl (C=O) groups excluding carboxylic acids is 1. The number of aromatic amines is 1. The summed E-state index contributed by atoms with van der Waals surface area (Å²) in [6, 6.07) is 13.2. The highest BCUT2D eigenvalue weighted by Gasteiger charge is 2.16. The number of amides is 1. The molecule has 0 atom stereocenters. The maximum absolute atomic E-state index is 12.8. The fraction of sp³-hybridized carbons (Fsp3) is 0.208. The number of benzene rings is 1. The molecule has 0 aliphatic carbocycles. The lowest BCUT2D eigenvalue weighted by molar-refractivity contribution is 0.102. The first kappa shape index (κ1) is 19.7. The van der Waals surface area contributed by atoms with E-state index in [0.717, 1.165) is 40.8 Å². The predicted octanol–water partition coefficient (Wildman–Crippen LogP) is 4.13. The Kier molecular flexibility index (Phi) is 5.22. The van der Waals surface area contributed by atoms with Crippen molar-refractivity contribution in [3.8, 4) is 17.2 Å². The summed E-state index contributed by atoms with van der Waals surface area (Å²) in [5.41, 5.74) is 4.96. The number of H-pyrrole nitrogens is 1. The molecule has 32 heavy (non-hydrogen) atoms. The Hall–Kier alpha value is -4.25. The van der Waals surface area contributed by atoms with Crippen molar-refractivity contribution in [1.82, 2.24) is 20.2 Å². The maximum atomic E-state index is 12.8. The molecule has 0 bridgehead atoms. The Morgan fingerprint density at radius 2 is 1.91 bits per heavy atom. The van der Waals surface area contributed by atoms with Crippen LogP contribution in [-0.2, 0) is 0 Å². The molecule has 4 aromatic rings. The predicted molar refractivity (Wildman–Crippen MR) is 122 cm³/mol. The molecule has 8 nitrogen and oxygen atoms in total. The number of hydrogen-bond acceptors (Lipinski definition) is 6. The molecule has 5 rings (SSSR count). The topological polar surface area (TPSA) is 111 Å². The Labute approximate surface area is 184 Å². The number of nitrogens with one attached hydrogen (secondary N) is 2. The van der Waals surface area contributed by atoms with Gasteiger partial charge >= 0.3 is 0 Å². The van der Waals surface area contributed by atoms with E-state index in [1.807, 2.05) is 36.7 Å². The monoisotopic (exact) mass is 423 g/mol. The van der Waals surface area contributed by atoms with Crippen molar-refractivity contribution in [2.24, 2.45) is 0 Å². The summed E-state index contributed by atoms with van der Waals surface area (Å²) in [5, 5.41) is 19.5. The van der Waals surface area contributed by atoms with Gasteiger partial charge in [0.2, 0.25) is 0 Å². The van der Waals surface area contributed by atoms with E-state index in [0.29, 0.717) is 17.1 Å². The number of rotatable bonds is 4. The van der Waals surface area contributed by atoms with Gasteiger partial charge in [-0.3, -0.25) is 14.9 Å². The van der Waals surface area contributed by atoms with Gasteiger partial charge in [-0.15, -0.1) is 0 Å². The summed E-state index contributed by atoms with van der Waals surface area (Å²) in [4.78, 5) is 23.7. The highest BCUT2D eigenvalue weighted by Crippen LogP contribution is 2.29. The molecule has 1 aliphatic heterocycles. The van der Waals surface area contributed by atoms with Crippen molar-refractivity contribution < 1.29 is 4.79 Å². The second-order valence-corrected chi connectivity index (χ2v) is 7.81. The van der Waals surface area contributed by atoms with Crippen molar-refractivity contribution in [1.29, 1.82) is 5.26 Å². The number of anilines is 2. The van der Waals surface area contributed by atoms with Crippen LogP contribution in [0.1, 0.15) is 35.4 Å². The molecule has 158 valence electrons. The lowest BCUT2D eigenvalue weighted by atomic mass is 10.0. The van der Waals surface area contributed by atoms with Crippen LogP contribution in [0.4, 0.5) is 11.4 Å². The van der Waals surface area contributed by atoms with Crippen LogP contribution in [0.3, 0.4) is 0 Å². The van der Waals surface area contributed by atoms with E-state index in [2.05, 4.69) is 36.4 Å². The fourth-order valence-electron chi connectivity index (χ4n) is 4.00. The van der Waals surface area contributed by atoms with Crippen LogP contribution in [-0.4, -0.2) is 39.2 Å². The number of nitriles is 1. The lowest BCUT2D eigenvalue weighted by Gasteiger charge is -2.28. The molecule has 0 radical (unpaired) electrons. The second kappa shape index (κ2) is 8.47. The van der Waals surface area contributed by atoms with Gasteiger partial charge in [-0.25, -0.2) is 4.98 Å². The van der Waals surface area contributed by atoms with Crippen LogP contribution in [0, 0.1) is 11.3 Å². The Morgan fingerprint density at radius 3 is 2.69 bits per heavy atom. The number of pyridine rings is 2. The first-order chi connectivity index (χ1) is 15.7. The third-order valence-corrected chi connectivity index (χ3v) is 5.69. The molecule has 1 saturated heterocycles. The summed E-state index contributed by atoms with van der Waals surface area (Å²) >= 11 is 0. The zero-order valence-corrected chi connectivity index (χ0v) is 17.4. The summed E-state index contributed by atoms with van der Waals surface area (Å²) < 4.78 is 0. The molecular formula is C24H21N7O. The third-order valence-electron chi connectivity index (χ3n) is 5.69. The van der Waals surface area contributed by atoms with Gasteiger partial charge in [0.15, 0.2) is 5.69 Å². The van der Waals surface area contributed by atoms with Crippen molar-refractivity contribution in [2.45, 2.75) is 19.3 Å². The maximum Gasteiger partial charge on any atom is 0.276 e. The molecule has 3 aromatic heterocycles. The SMILES string of the molecule is N#Cc1ccc(NC(=O)c2n[nH]c3ccc(-c4cncc(N5CCCCC5)c4)cc23)cn1. The van der Waals surface area contributed by atoms with E-state index < -0.39 is 0 Å². The van der Waals surface area contributed by atoms with Gasteiger partial charge in [0.05, 0.1) is 29.3 Å². The third kappa shape index (κ3) is 3.88. The summed E-state index contributed by atoms with van der Waals surface area (Å²) in [6.45, 7) is 2.11. The highest BCUT2D eigenvalue weighted by atomic mass is 16.1. The lowest BCUT2D eigenvalue weighted by Crippen LogP contribution is -2.29. The highest BCUT2D eigenvalue weighted by molar-refractivity contribution is 6.11. The summed E-state index contributed by atoms with van der Waals surface area (Å²) in [7, 11) is 0. The van der Waals surface area contributed by atoms with Crippen molar-refractivity contribution in [3.63, 3.8) is 0 Å². The van der Waals surface area contributed by atoms with E-state index >= 15 is 0 Å². The molecule has 0 spiro atoms. The van der Waals surface area contributed by atoms with Gasteiger partial charge in [0, 0.05) is 30.2 Å². The van der Waals surface area contributed by atoms with Gasteiger partial charge in [-0.1, -0.05) is 6.07 Å². The Morgan fingerprint density at radius 1 is 1.03 bits per heavy atom. The van der Waals surface area contributed by atoms with Crippen LogP contribution in [0.5, 0.6) is 0 Å². The van der Waals surface area contributed by atoms with Gasteiger partial charge in [-0.2, -0.15) is 10.4 Å². The summed E-state index contributed by atoms with van der Waals surface area (Å²) in [6.07, 6.45) is 8.90. The van der Waals surface area contributed by atoms with E-state index in [1.54, 1.807) is 12.1 Å². The molecule has 8 heteroatoms.